The highest BCUT2D eigenvalue weighted by molar-refractivity contribution is 6.00. The van der Waals surface area contributed by atoms with Gasteiger partial charge < -0.3 is 14.6 Å². The zero-order chi connectivity index (χ0) is 18.5. The van der Waals surface area contributed by atoms with Crippen LogP contribution >= 0.6 is 0 Å². The van der Waals surface area contributed by atoms with Gasteiger partial charge in [0, 0.05) is 18.9 Å². The fourth-order valence-electron chi connectivity index (χ4n) is 3.30. The normalized spacial score (nSPS) is 17.3. The molecular weight excluding hydrogens is 328 g/mol. The van der Waals surface area contributed by atoms with Gasteiger partial charge in [-0.05, 0) is 42.0 Å². The summed E-state index contributed by atoms with van der Waals surface area (Å²) in [5.74, 6) is 0.716. The molecule has 0 aliphatic carbocycles. The first-order valence-electron chi connectivity index (χ1n) is 9.27. The molecule has 1 heterocycles. The maximum atomic E-state index is 12.7. The summed E-state index contributed by atoms with van der Waals surface area (Å²) in [6, 6.07) is 12.8. The van der Waals surface area contributed by atoms with Crippen LogP contribution < -0.4 is 4.74 Å². The van der Waals surface area contributed by atoms with E-state index in [1.54, 1.807) is 12.1 Å². The van der Waals surface area contributed by atoms with E-state index in [1.807, 2.05) is 24.3 Å². The maximum absolute atomic E-state index is 12.7. The lowest BCUT2D eigenvalue weighted by atomic mass is 9.92. The fourth-order valence-corrected chi connectivity index (χ4v) is 3.30. The van der Waals surface area contributed by atoms with E-state index in [0.717, 1.165) is 30.4 Å². The molecule has 2 aromatic rings. The Morgan fingerprint density at radius 3 is 2.73 bits per heavy atom. The number of rotatable bonds is 6. The lowest BCUT2D eigenvalue weighted by Crippen LogP contribution is -2.24. The highest BCUT2D eigenvalue weighted by Gasteiger charge is 2.18. The van der Waals surface area contributed by atoms with Gasteiger partial charge in [-0.2, -0.15) is 0 Å². The second-order valence-electron chi connectivity index (χ2n) is 7.05. The van der Waals surface area contributed by atoms with E-state index in [4.69, 9.17) is 9.47 Å². The molecule has 1 unspecified atom stereocenters. The van der Waals surface area contributed by atoms with Gasteiger partial charge in [0.2, 0.25) is 0 Å². The Morgan fingerprint density at radius 1 is 1.23 bits per heavy atom. The second-order valence-corrected chi connectivity index (χ2v) is 7.05. The molecule has 0 aromatic heterocycles. The van der Waals surface area contributed by atoms with Gasteiger partial charge in [0.05, 0.1) is 12.2 Å². The summed E-state index contributed by atoms with van der Waals surface area (Å²) in [4.78, 5) is 12.7. The summed E-state index contributed by atoms with van der Waals surface area (Å²) in [5, 5.41) is 10.3. The second kappa shape index (κ2) is 8.37. The maximum Gasteiger partial charge on any atom is 0.199 e. The molecule has 1 atom stereocenters. The van der Waals surface area contributed by atoms with Gasteiger partial charge in [0.25, 0.3) is 0 Å². The third-order valence-electron chi connectivity index (χ3n) is 4.70. The van der Waals surface area contributed by atoms with Crippen molar-refractivity contribution in [1.82, 2.24) is 0 Å². The van der Waals surface area contributed by atoms with Crippen LogP contribution in [0.1, 0.15) is 60.5 Å². The summed E-state index contributed by atoms with van der Waals surface area (Å²) in [6.07, 6.45) is 2.96. The van der Waals surface area contributed by atoms with Crippen molar-refractivity contribution in [2.24, 2.45) is 0 Å². The first-order chi connectivity index (χ1) is 12.5. The van der Waals surface area contributed by atoms with Crippen molar-refractivity contribution >= 4 is 5.78 Å². The third-order valence-corrected chi connectivity index (χ3v) is 4.70. The molecule has 2 aromatic carbocycles. The van der Waals surface area contributed by atoms with Crippen LogP contribution in [0, 0.1) is 0 Å². The van der Waals surface area contributed by atoms with Crippen LogP contribution in [0.3, 0.4) is 0 Å². The zero-order valence-electron chi connectivity index (χ0n) is 15.4. The van der Waals surface area contributed by atoms with Crippen molar-refractivity contribution in [3.05, 3.63) is 59.2 Å². The van der Waals surface area contributed by atoms with Crippen LogP contribution in [0.15, 0.2) is 42.5 Å². The number of hydrogen-bond donors (Lipinski definition) is 1. The molecule has 0 spiro atoms. The van der Waals surface area contributed by atoms with E-state index in [0.29, 0.717) is 23.8 Å². The van der Waals surface area contributed by atoms with Crippen molar-refractivity contribution < 1.29 is 19.4 Å². The molecule has 1 aliphatic rings. The monoisotopic (exact) mass is 354 g/mol. The van der Waals surface area contributed by atoms with Crippen LogP contribution in [-0.2, 0) is 11.2 Å². The molecule has 4 heteroatoms. The molecule has 0 amide bonds. The molecule has 138 valence electrons. The molecule has 1 fully saturated rings. The van der Waals surface area contributed by atoms with Gasteiger partial charge in [-0.3, -0.25) is 4.79 Å². The topological polar surface area (TPSA) is 55.8 Å². The predicted molar refractivity (Wildman–Crippen MR) is 101 cm³/mol. The average Bonchev–Trinajstić information content (AvgIpc) is 2.63. The highest BCUT2D eigenvalue weighted by Crippen LogP contribution is 2.28. The number of carbonyl (C=O) groups excluding carboxylic acids is 1. The van der Waals surface area contributed by atoms with Crippen LogP contribution in [0.4, 0.5) is 0 Å². The van der Waals surface area contributed by atoms with Gasteiger partial charge >= 0.3 is 0 Å². The number of phenols is 1. The molecule has 0 bridgehead atoms. The lowest BCUT2D eigenvalue weighted by molar-refractivity contribution is -0.105. The van der Waals surface area contributed by atoms with Crippen molar-refractivity contribution in [3.63, 3.8) is 0 Å². The number of ether oxygens (including phenoxy) is 2. The summed E-state index contributed by atoms with van der Waals surface area (Å²) >= 11 is 0. The summed E-state index contributed by atoms with van der Waals surface area (Å²) < 4.78 is 11.3. The minimum Gasteiger partial charge on any atom is -0.507 e. The van der Waals surface area contributed by atoms with Gasteiger partial charge in [0.1, 0.15) is 11.5 Å². The number of benzene rings is 2. The molecule has 1 aliphatic heterocycles. The standard InChI is InChI=1S/C22H26O4/c1-15(2)18-8-4-3-7-16(18)13-20(23)19-11-10-17(14-21(19)24)26-22-9-5-6-12-25-22/h3-4,7-8,10-11,14-15,22,24H,5-6,9,12-13H2,1-2H3. The lowest BCUT2D eigenvalue weighted by Gasteiger charge is -2.23. The number of Topliss-reactive ketones (excluding diaryl/α,β-unsaturated/α-hetero) is 1. The average molecular weight is 354 g/mol. The largest absolute Gasteiger partial charge is 0.507 e. The van der Waals surface area contributed by atoms with Gasteiger partial charge in [-0.15, -0.1) is 0 Å². The van der Waals surface area contributed by atoms with E-state index in [2.05, 4.69) is 13.8 Å². The highest BCUT2D eigenvalue weighted by atomic mass is 16.7. The van der Waals surface area contributed by atoms with Gasteiger partial charge in [0.15, 0.2) is 12.1 Å². The summed E-state index contributed by atoms with van der Waals surface area (Å²) in [6.45, 7) is 4.92. The van der Waals surface area contributed by atoms with Crippen molar-refractivity contribution in [3.8, 4) is 11.5 Å². The molecule has 0 saturated carbocycles. The predicted octanol–water partition coefficient (Wildman–Crippen LogP) is 4.85. The number of carbonyl (C=O) groups is 1. The first-order valence-corrected chi connectivity index (χ1v) is 9.27. The van der Waals surface area contributed by atoms with Crippen molar-refractivity contribution in [1.29, 1.82) is 0 Å². The van der Waals surface area contributed by atoms with Crippen molar-refractivity contribution in [2.75, 3.05) is 6.61 Å². The number of hydrogen-bond acceptors (Lipinski definition) is 4. The third kappa shape index (κ3) is 4.44. The Hall–Kier alpha value is -2.33. The Kier molecular flexibility index (Phi) is 5.94. The minimum absolute atomic E-state index is 0.0506. The van der Waals surface area contributed by atoms with E-state index in [1.165, 1.54) is 6.07 Å². The molecule has 4 nitrogen and oxygen atoms in total. The quantitative estimate of drug-likeness (QED) is 0.754. The molecular formula is C22H26O4. The zero-order valence-corrected chi connectivity index (χ0v) is 15.4. The number of ketones is 1. The van der Waals surface area contributed by atoms with Gasteiger partial charge in [-0.1, -0.05) is 38.1 Å². The number of phenolic OH excluding ortho intramolecular Hbond substituents is 1. The summed E-state index contributed by atoms with van der Waals surface area (Å²) in [5.41, 5.74) is 2.48. The smallest absolute Gasteiger partial charge is 0.199 e. The molecule has 0 radical (unpaired) electrons. The van der Waals surface area contributed by atoms with Crippen molar-refractivity contribution in [2.45, 2.75) is 51.7 Å². The van der Waals surface area contributed by atoms with Crippen LogP contribution in [-0.4, -0.2) is 23.8 Å². The Bertz CT molecular complexity index is 760. The Balaban J connectivity index is 1.72. The van der Waals surface area contributed by atoms with E-state index in [-0.39, 0.29) is 24.2 Å². The molecule has 3 rings (SSSR count). The van der Waals surface area contributed by atoms with Crippen LogP contribution in [0.2, 0.25) is 0 Å². The SMILES string of the molecule is CC(C)c1ccccc1CC(=O)c1ccc(OC2CCCCO2)cc1O. The molecule has 26 heavy (non-hydrogen) atoms. The minimum atomic E-state index is -0.275. The fraction of sp³-hybridized carbons (Fsp3) is 0.409. The summed E-state index contributed by atoms with van der Waals surface area (Å²) in [7, 11) is 0. The van der Waals surface area contributed by atoms with Gasteiger partial charge in [-0.25, -0.2) is 0 Å². The van der Waals surface area contributed by atoms with E-state index >= 15 is 0 Å². The van der Waals surface area contributed by atoms with Crippen LogP contribution in [0.25, 0.3) is 0 Å². The Morgan fingerprint density at radius 2 is 2.04 bits per heavy atom. The number of aromatic hydroxyl groups is 1. The first kappa shape index (κ1) is 18.5. The molecule has 1 N–H and O–H groups in total. The molecule has 1 saturated heterocycles. The van der Waals surface area contributed by atoms with Crippen LogP contribution in [0.5, 0.6) is 11.5 Å². The Labute approximate surface area is 154 Å². The van der Waals surface area contributed by atoms with E-state index < -0.39 is 0 Å². The van der Waals surface area contributed by atoms with E-state index in [9.17, 15) is 9.90 Å².